The third-order valence-electron chi connectivity index (χ3n) is 32.0. The van der Waals surface area contributed by atoms with Crippen LogP contribution in [0.4, 0.5) is 26.3 Å². The summed E-state index contributed by atoms with van der Waals surface area (Å²) in [5.41, 5.74) is -9.47. The van der Waals surface area contributed by atoms with Gasteiger partial charge in [-0.15, -0.1) is 0 Å². The lowest BCUT2D eigenvalue weighted by atomic mass is 9.48. The number of Topliss-reactive ketones (excluding diaryl/α,β-unsaturated/α-hetero) is 1. The number of hydrogen-bond acceptors (Lipinski definition) is 22. The molecule has 0 aromatic heterocycles. The first-order valence-corrected chi connectivity index (χ1v) is 51.3. The van der Waals surface area contributed by atoms with E-state index in [1.807, 2.05) is 41.5 Å². The third kappa shape index (κ3) is 26.8. The molecule has 4 heterocycles. The summed E-state index contributed by atoms with van der Waals surface area (Å²) in [6.45, 7) is 40.0. The summed E-state index contributed by atoms with van der Waals surface area (Å²) in [4.78, 5) is 68.3. The number of benzene rings is 3. The minimum Gasteiger partial charge on any atom is -0.748 e. The fourth-order valence-corrected chi connectivity index (χ4v) is 25.2. The standard InChI is InChI=1S/C23H38O.C18H28F6O4.C18H15S.C16H26O3.C13H27NO5.C13H18O5.CH4O3S/c1-7-21(3,4)20(24)22(5,6)23(8-2)13-16-12-17(23)19-15-10-9-14(11-15)18(16)19;1-6-14(2,3)13(25)28-12-8-10(15(4,26)17(19,20)21)7-11(9-12)16(5,27)18(22,23)24;1-4-10-16(11-5-1)19(17-12-6-2-7-13-17)18-14-8-3-9-15-18;1-4-14(2,3)13(17)19-16-8-11-5-12(9-16)7-15(18,6-11)10-16;1-15-8-9-18-12-13-19-11-10-17-7-4-14-2-5-16-6-3-14;1-4-13(2,3)12(15)18-9-7-5-6-8(16-7)10(9)17-11(6)14;1-5(2,3)4/h14-19H,7-13H2,1-6H3;10-12,26-27H,6-9H2,1-5H3;1-15H;11-12,18H,4-10H2,1-3H3;2-13H2,1H3;6-10H,4-5H2,1-3H3;1H3,(H,2,3,4)/q;;+1;;;;/p-1. The summed E-state index contributed by atoms with van der Waals surface area (Å²) in [5.74, 6) is 2.70. The molecular weight excluding hydrogens is 1750 g/mol. The Morgan fingerprint density at radius 1 is 0.545 bits per heavy atom. The van der Waals surface area contributed by atoms with E-state index in [9.17, 15) is 65.6 Å². The number of halogens is 6. The van der Waals surface area contributed by atoms with E-state index in [1.165, 1.54) is 59.6 Å². The summed E-state index contributed by atoms with van der Waals surface area (Å²) < 4.78 is 161. The molecular formula is C102H155F6NO21S2. The molecule has 9 saturated carbocycles. The first-order valence-electron chi connectivity index (χ1n) is 48.2. The van der Waals surface area contributed by atoms with Crippen molar-refractivity contribution in [2.24, 2.45) is 97.6 Å². The number of nitrogens with zero attached hydrogens (tertiary/aromatic N) is 1. The van der Waals surface area contributed by atoms with Gasteiger partial charge in [-0.1, -0.05) is 117 Å². The fourth-order valence-electron chi connectivity index (χ4n) is 23.1. The minimum atomic E-state index is -5.10. The Kier molecular flexibility index (Phi) is 37.8. The van der Waals surface area contributed by atoms with Crippen molar-refractivity contribution in [3.8, 4) is 0 Å². The average Bonchev–Trinajstić information content (AvgIpc) is 1.51. The predicted octanol–water partition coefficient (Wildman–Crippen LogP) is 18.5. The van der Waals surface area contributed by atoms with Crippen LogP contribution in [0.1, 0.15) is 246 Å². The molecule has 748 valence electrons. The van der Waals surface area contributed by atoms with Crippen LogP contribution in [0.3, 0.4) is 0 Å². The van der Waals surface area contributed by atoms with E-state index < -0.39 is 111 Å². The quantitative estimate of drug-likeness (QED) is 0.0103. The maximum absolute atomic E-state index is 13.6. The van der Waals surface area contributed by atoms with Crippen molar-refractivity contribution >= 4 is 50.7 Å². The van der Waals surface area contributed by atoms with Gasteiger partial charge in [-0.25, -0.2) is 8.42 Å². The monoisotopic (exact) mass is 1910 g/mol. The molecule has 18 atom stereocenters. The van der Waals surface area contributed by atoms with Crippen molar-refractivity contribution in [3.63, 3.8) is 0 Å². The number of hydrogen-bond donors (Lipinski definition) is 3. The zero-order valence-corrected chi connectivity index (χ0v) is 83.4. The molecule has 4 aliphatic heterocycles. The number of fused-ring (bicyclic) bond motifs is 10. The molecule has 4 saturated heterocycles. The van der Waals surface area contributed by atoms with Crippen LogP contribution >= 0.6 is 0 Å². The number of morpholine rings is 1. The maximum atomic E-state index is 13.6. The lowest BCUT2D eigenvalue weighted by molar-refractivity contribution is -0.299. The zero-order chi connectivity index (χ0) is 97.8. The Bertz CT molecular complexity index is 4150. The van der Waals surface area contributed by atoms with E-state index in [0.717, 1.165) is 113 Å². The minimum absolute atomic E-state index is 0.0146. The van der Waals surface area contributed by atoms with Crippen molar-refractivity contribution in [2.45, 2.75) is 326 Å². The molecule has 22 nitrogen and oxygen atoms in total. The number of alkyl halides is 6. The fraction of sp³-hybridized carbons (Fsp3) is 0.775. The Hall–Kier alpha value is -5.35. The number of carbonyl (C=O) groups is 5. The summed E-state index contributed by atoms with van der Waals surface area (Å²) >= 11 is 0. The van der Waals surface area contributed by atoms with Crippen LogP contribution in [0, 0.1) is 97.6 Å². The van der Waals surface area contributed by atoms with Crippen LogP contribution in [-0.2, 0) is 92.4 Å². The maximum Gasteiger partial charge on any atom is 0.417 e. The highest BCUT2D eigenvalue weighted by Gasteiger charge is 2.72. The van der Waals surface area contributed by atoms with Crippen LogP contribution in [0.25, 0.3) is 0 Å². The van der Waals surface area contributed by atoms with Gasteiger partial charge in [0.25, 0.3) is 0 Å². The molecule has 10 bridgehead atoms. The first kappa shape index (κ1) is 110. The van der Waals surface area contributed by atoms with E-state index >= 15 is 0 Å². The average molecular weight is 1910 g/mol. The van der Waals surface area contributed by atoms with E-state index in [0.29, 0.717) is 103 Å². The lowest BCUT2D eigenvalue weighted by Gasteiger charge is -2.59. The third-order valence-corrected chi connectivity index (χ3v) is 34.2. The topological polar surface area (TPSA) is 299 Å². The molecule has 132 heavy (non-hydrogen) atoms. The second-order valence-electron chi connectivity index (χ2n) is 42.9. The number of carbonyl (C=O) groups excluding carboxylic acids is 5. The van der Waals surface area contributed by atoms with E-state index in [1.54, 1.807) is 27.9 Å². The van der Waals surface area contributed by atoms with Crippen LogP contribution in [-0.4, -0.2) is 221 Å². The van der Waals surface area contributed by atoms with Crippen LogP contribution < -0.4 is 0 Å². The van der Waals surface area contributed by atoms with Crippen molar-refractivity contribution in [1.82, 2.24) is 4.90 Å². The Balaban J connectivity index is 0.000000177. The smallest absolute Gasteiger partial charge is 0.417 e. The van der Waals surface area contributed by atoms with Gasteiger partial charge < -0.3 is 67.2 Å². The van der Waals surface area contributed by atoms with Gasteiger partial charge in [0.1, 0.15) is 23.6 Å². The summed E-state index contributed by atoms with van der Waals surface area (Å²) in [6.07, 6.45) is 3.91. The van der Waals surface area contributed by atoms with Crippen LogP contribution in [0.2, 0.25) is 0 Å². The highest BCUT2D eigenvalue weighted by atomic mass is 32.2. The first-order chi connectivity index (χ1) is 61.5. The summed E-state index contributed by atoms with van der Waals surface area (Å²) in [5, 5.41) is 30.6. The van der Waals surface area contributed by atoms with Crippen LogP contribution in [0.15, 0.2) is 106 Å². The van der Waals surface area contributed by atoms with Gasteiger partial charge in [0.05, 0.1) is 114 Å². The largest absolute Gasteiger partial charge is 0.748 e. The number of aliphatic hydroxyl groups is 3. The van der Waals surface area contributed by atoms with Gasteiger partial charge in [0, 0.05) is 62.1 Å². The normalized spacial score (nSPS) is 31.0. The Morgan fingerprint density at radius 2 is 0.985 bits per heavy atom. The number of esters is 4. The van der Waals surface area contributed by atoms with Crippen molar-refractivity contribution in [3.05, 3.63) is 91.0 Å². The zero-order valence-electron chi connectivity index (χ0n) is 81.7. The van der Waals surface area contributed by atoms with E-state index in [-0.39, 0.29) is 68.8 Å². The number of ketones is 1. The van der Waals surface area contributed by atoms with Crippen LogP contribution in [0.5, 0.6) is 0 Å². The second kappa shape index (κ2) is 45.3. The molecule has 0 amide bonds. The molecule has 30 heteroatoms. The molecule has 18 unspecified atom stereocenters. The molecule has 16 rings (SSSR count). The van der Waals surface area contributed by atoms with E-state index in [2.05, 4.69) is 137 Å². The second-order valence-corrected chi connectivity index (χ2v) is 46.3. The van der Waals surface area contributed by atoms with Crippen molar-refractivity contribution in [2.75, 3.05) is 92.5 Å². The highest BCUT2D eigenvalue weighted by molar-refractivity contribution is 7.97. The number of methoxy groups -OCH3 is 1. The predicted molar refractivity (Wildman–Crippen MR) is 490 cm³/mol. The SMILES string of the molecule is CCC(C)(C)C(=O)C(C)(C)C1(CC)CC2CC1C1C3CCC(C3)C21.CCC(C)(C)C(=O)OC12CC3CC(CC(O)(C3)C1)C2.CCC(C)(C)C(=O)OC1C2CC3C(=O)OC1C3O2.CCC(C)(C)C(=O)OC1CC(C(C)(O)C(F)(F)F)CC(C(C)(O)C(F)(F)F)C1.COCCOCCOCCOCCN1CCOCC1.CS(=O)(=O)[O-].c1ccc([S+](c2ccccc2)c2ccccc2)cc1. The lowest BCUT2D eigenvalue weighted by Crippen LogP contribution is -2.61. The Morgan fingerprint density at radius 3 is 1.42 bits per heavy atom. The molecule has 0 radical (unpaired) electrons. The molecule has 13 fully saturated rings. The number of ether oxygens (including phenoxy) is 10. The van der Waals surface area contributed by atoms with Gasteiger partial charge in [-0.2, -0.15) is 26.3 Å². The summed E-state index contributed by atoms with van der Waals surface area (Å²) in [7, 11) is -2.27. The summed E-state index contributed by atoms with van der Waals surface area (Å²) in [6, 6.07) is 32.2. The Labute approximate surface area is 784 Å². The van der Waals surface area contributed by atoms with Gasteiger partial charge in [-0.3, -0.25) is 28.9 Å². The molecule has 13 aliphatic rings. The van der Waals surface area contributed by atoms with Crippen molar-refractivity contribution < 1.29 is 126 Å². The molecule has 3 aromatic carbocycles. The van der Waals surface area contributed by atoms with Gasteiger partial charge in [0.15, 0.2) is 38.1 Å². The molecule has 0 spiro atoms. The van der Waals surface area contributed by atoms with Gasteiger partial charge in [-0.05, 0) is 267 Å². The number of rotatable bonds is 31. The van der Waals surface area contributed by atoms with Gasteiger partial charge >= 0.3 is 36.2 Å². The van der Waals surface area contributed by atoms with E-state index in [4.69, 9.17) is 60.3 Å². The van der Waals surface area contributed by atoms with Gasteiger partial charge in [0.2, 0.25) is 0 Å². The highest BCUT2D eigenvalue weighted by Crippen LogP contribution is 2.76. The molecule has 9 aliphatic carbocycles. The molecule has 3 N–H and O–H groups in total. The molecule has 3 aromatic rings. The van der Waals surface area contributed by atoms with Crippen molar-refractivity contribution in [1.29, 1.82) is 0 Å².